The maximum absolute atomic E-state index is 12.0. The summed E-state index contributed by atoms with van der Waals surface area (Å²) in [5.41, 5.74) is 0. The van der Waals surface area contributed by atoms with Gasteiger partial charge in [-0.25, -0.2) is 4.79 Å². The first-order valence-electron chi connectivity index (χ1n) is 6.56. The molecule has 6 nitrogen and oxygen atoms in total. The number of amides is 2. The summed E-state index contributed by atoms with van der Waals surface area (Å²) >= 11 is 1.12. The molecular formula is C14H16N2O4S. The van der Waals surface area contributed by atoms with Gasteiger partial charge in [-0.15, -0.1) is 17.9 Å². The molecule has 0 radical (unpaired) electrons. The van der Waals surface area contributed by atoms with Crippen LogP contribution in [0.25, 0.3) is 0 Å². The van der Waals surface area contributed by atoms with Gasteiger partial charge in [0.1, 0.15) is 6.04 Å². The molecule has 0 spiro atoms. The average Bonchev–Trinajstić information content (AvgIpc) is 3.18. The monoisotopic (exact) mass is 308 g/mol. The fraction of sp³-hybridized carbons (Fsp3) is 0.357. The summed E-state index contributed by atoms with van der Waals surface area (Å²) in [5.74, 6) is -1.52. The van der Waals surface area contributed by atoms with Crippen molar-refractivity contribution < 1.29 is 19.5 Å². The fourth-order valence-electron chi connectivity index (χ4n) is 1.71. The highest BCUT2D eigenvalue weighted by molar-refractivity contribution is 7.18. The SMILES string of the molecule is C=CCC(NC(=O)c1ccc(NC(=O)C2CC2)s1)C(=O)O. The van der Waals surface area contributed by atoms with Gasteiger partial charge in [0.15, 0.2) is 0 Å². The topological polar surface area (TPSA) is 95.5 Å². The van der Waals surface area contributed by atoms with E-state index in [9.17, 15) is 14.4 Å². The van der Waals surface area contributed by atoms with Crippen LogP contribution in [0.4, 0.5) is 5.00 Å². The third-order valence-corrected chi connectivity index (χ3v) is 4.03. The van der Waals surface area contributed by atoms with Crippen molar-refractivity contribution >= 4 is 34.1 Å². The Labute approximate surface area is 125 Å². The average molecular weight is 308 g/mol. The summed E-state index contributed by atoms with van der Waals surface area (Å²) < 4.78 is 0. The minimum Gasteiger partial charge on any atom is -0.480 e. The van der Waals surface area contributed by atoms with E-state index in [0.717, 1.165) is 24.2 Å². The van der Waals surface area contributed by atoms with Crippen molar-refractivity contribution in [2.24, 2.45) is 5.92 Å². The molecule has 7 heteroatoms. The Morgan fingerprint density at radius 2 is 2.14 bits per heavy atom. The number of rotatable bonds is 7. The lowest BCUT2D eigenvalue weighted by Crippen LogP contribution is -2.40. The van der Waals surface area contributed by atoms with Gasteiger partial charge in [-0.3, -0.25) is 9.59 Å². The molecule has 0 saturated heterocycles. The number of carbonyl (C=O) groups excluding carboxylic acids is 2. The molecule has 1 unspecified atom stereocenters. The molecule has 1 aliphatic rings. The summed E-state index contributed by atoms with van der Waals surface area (Å²) in [4.78, 5) is 34.9. The van der Waals surface area contributed by atoms with Crippen molar-refractivity contribution in [3.63, 3.8) is 0 Å². The summed E-state index contributed by atoms with van der Waals surface area (Å²) in [6.07, 6.45) is 3.41. The van der Waals surface area contributed by atoms with Crippen molar-refractivity contribution in [3.05, 3.63) is 29.7 Å². The van der Waals surface area contributed by atoms with E-state index >= 15 is 0 Å². The number of nitrogens with one attached hydrogen (secondary N) is 2. The Kier molecular flexibility index (Phi) is 4.74. The van der Waals surface area contributed by atoms with E-state index in [-0.39, 0.29) is 18.2 Å². The number of carbonyl (C=O) groups is 3. The number of hydrogen-bond donors (Lipinski definition) is 3. The second-order valence-electron chi connectivity index (χ2n) is 4.82. The van der Waals surface area contributed by atoms with Gasteiger partial charge >= 0.3 is 5.97 Å². The molecule has 2 amide bonds. The molecular weight excluding hydrogens is 292 g/mol. The lowest BCUT2D eigenvalue weighted by molar-refractivity contribution is -0.139. The van der Waals surface area contributed by atoms with Crippen LogP contribution in [-0.4, -0.2) is 28.9 Å². The summed E-state index contributed by atoms with van der Waals surface area (Å²) in [7, 11) is 0. The molecule has 1 fully saturated rings. The van der Waals surface area contributed by atoms with Crippen LogP contribution in [0.5, 0.6) is 0 Å². The van der Waals surface area contributed by atoms with E-state index in [2.05, 4.69) is 17.2 Å². The van der Waals surface area contributed by atoms with Gasteiger partial charge in [0.05, 0.1) is 9.88 Å². The van der Waals surface area contributed by atoms with E-state index in [1.54, 1.807) is 12.1 Å². The smallest absolute Gasteiger partial charge is 0.326 e. The van der Waals surface area contributed by atoms with Gasteiger partial charge < -0.3 is 15.7 Å². The van der Waals surface area contributed by atoms with Crippen molar-refractivity contribution in [1.82, 2.24) is 5.32 Å². The van der Waals surface area contributed by atoms with Gasteiger partial charge in [-0.1, -0.05) is 6.08 Å². The van der Waals surface area contributed by atoms with Crippen molar-refractivity contribution in [2.75, 3.05) is 5.32 Å². The van der Waals surface area contributed by atoms with Gasteiger partial charge in [0.25, 0.3) is 5.91 Å². The summed E-state index contributed by atoms with van der Waals surface area (Å²) in [5, 5.41) is 14.7. The molecule has 3 N–H and O–H groups in total. The van der Waals surface area contributed by atoms with Crippen LogP contribution in [0, 0.1) is 5.92 Å². The van der Waals surface area contributed by atoms with E-state index in [0.29, 0.717) is 9.88 Å². The molecule has 0 aliphatic heterocycles. The quantitative estimate of drug-likeness (QED) is 0.670. The molecule has 1 aromatic heterocycles. The predicted octanol–water partition coefficient (Wildman–Crippen LogP) is 1.86. The third-order valence-electron chi connectivity index (χ3n) is 3.03. The fourth-order valence-corrected chi connectivity index (χ4v) is 2.53. The van der Waals surface area contributed by atoms with Crippen molar-refractivity contribution in [1.29, 1.82) is 0 Å². The van der Waals surface area contributed by atoms with Crippen molar-refractivity contribution in [2.45, 2.75) is 25.3 Å². The molecule has 0 aromatic carbocycles. The Bertz CT molecular complexity index is 577. The zero-order valence-corrected chi connectivity index (χ0v) is 12.1. The first-order chi connectivity index (χ1) is 10.0. The number of carboxylic acid groups (broad SMARTS) is 1. The minimum atomic E-state index is -1.11. The van der Waals surface area contributed by atoms with E-state index in [1.807, 2.05) is 0 Å². The molecule has 112 valence electrons. The molecule has 1 aliphatic carbocycles. The number of hydrogen-bond acceptors (Lipinski definition) is 4. The van der Waals surface area contributed by atoms with Gasteiger partial charge in [0.2, 0.25) is 5.91 Å². The standard InChI is InChI=1S/C14H16N2O4S/c1-2-3-9(14(19)20)15-13(18)10-6-7-11(21-10)16-12(17)8-4-5-8/h2,6-9H,1,3-5H2,(H,15,18)(H,16,17)(H,19,20). The Morgan fingerprint density at radius 3 is 2.71 bits per heavy atom. The lowest BCUT2D eigenvalue weighted by Gasteiger charge is -2.11. The summed E-state index contributed by atoms with van der Waals surface area (Å²) in [6.45, 7) is 3.46. The zero-order valence-electron chi connectivity index (χ0n) is 11.3. The molecule has 1 saturated carbocycles. The van der Waals surface area contributed by atoms with Gasteiger partial charge in [0, 0.05) is 5.92 Å². The van der Waals surface area contributed by atoms with Crippen LogP contribution in [0.15, 0.2) is 24.8 Å². The van der Waals surface area contributed by atoms with Crippen LogP contribution in [0.1, 0.15) is 28.9 Å². The molecule has 1 aromatic rings. The second-order valence-corrected chi connectivity index (χ2v) is 5.90. The molecule has 0 bridgehead atoms. The van der Waals surface area contributed by atoms with Crippen LogP contribution >= 0.6 is 11.3 Å². The Morgan fingerprint density at radius 1 is 1.43 bits per heavy atom. The Balaban J connectivity index is 1.95. The molecule has 1 heterocycles. The highest BCUT2D eigenvalue weighted by Crippen LogP contribution is 2.31. The first-order valence-corrected chi connectivity index (χ1v) is 7.38. The molecule has 2 rings (SSSR count). The number of thiophene rings is 1. The van der Waals surface area contributed by atoms with Gasteiger partial charge in [-0.05, 0) is 31.4 Å². The second kappa shape index (κ2) is 6.53. The number of anilines is 1. The number of carboxylic acids is 1. The highest BCUT2D eigenvalue weighted by atomic mass is 32.1. The minimum absolute atomic E-state index is 0.0288. The molecule has 21 heavy (non-hydrogen) atoms. The third kappa shape index (κ3) is 4.16. The van der Waals surface area contributed by atoms with Gasteiger partial charge in [-0.2, -0.15) is 0 Å². The summed E-state index contributed by atoms with van der Waals surface area (Å²) in [6, 6.07) is 2.21. The number of aliphatic carboxylic acids is 1. The normalized spacial score (nSPS) is 15.0. The lowest BCUT2D eigenvalue weighted by atomic mass is 10.2. The first kappa shape index (κ1) is 15.2. The van der Waals surface area contributed by atoms with E-state index in [1.165, 1.54) is 6.08 Å². The predicted molar refractivity (Wildman–Crippen MR) is 79.4 cm³/mol. The van der Waals surface area contributed by atoms with E-state index in [4.69, 9.17) is 5.11 Å². The Hall–Kier alpha value is -2.15. The highest BCUT2D eigenvalue weighted by Gasteiger charge is 2.30. The maximum atomic E-state index is 12.0. The van der Waals surface area contributed by atoms with Crippen LogP contribution in [0.3, 0.4) is 0 Å². The van der Waals surface area contributed by atoms with Crippen LogP contribution in [0.2, 0.25) is 0 Å². The van der Waals surface area contributed by atoms with Crippen LogP contribution < -0.4 is 10.6 Å². The molecule has 1 atom stereocenters. The van der Waals surface area contributed by atoms with Crippen LogP contribution in [-0.2, 0) is 9.59 Å². The maximum Gasteiger partial charge on any atom is 0.326 e. The largest absolute Gasteiger partial charge is 0.480 e. The van der Waals surface area contributed by atoms with Crippen molar-refractivity contribution in [3.8, 4) is 0 Å². The van der Waals surface area contributed by atoms with E-state index < -0.39 is 17.9 Å². The zero-order chi connectivity index (χ0) is 15.4.